The van der Waals surface area contributed by atoms with E-state index in [1.54, 1.807) is 0 Å². The second-order valence-corrected chi connectivity index (χ2v) is 8.00. The molecule has 6 aromatic rings. The van der Waals surface area contributed by atoms with Gasteiger partial charge in [0.1, 0.15) is 5.15 Å². The van der Waals surface area contributed by atoms with Crippen LogP contribution >= 0.6 is 11.6 Å². The maximum atomic E-state index is 6.39. The molecule has 3 heteroatoms. The Balaban J connectivity index is 1.63. The molecule has 0 aliphatic carbocycles. The van der Waals surface area contributed by atoms with E-state index in [4.69, 9.17) is 16.6 Å². The van der Waals surface area contributed by atoms with Crippen molar-refractivity contribution in [3.8, 4) is 22.6 Å². The van der Waals surface area contributed by atoms with Gasteiger partial charge in [-0.2, -0.15) is 0 Å². The zero-order valence-corrected chi connectivity index (χ0v) is 17.3. The van der Waals surface area contributed by atoms with Crippen LogP contribution in [-0.2, 0) is 0 Å². The van der Waals surface area contributed by atoms with Crippen LogP contribution in [0.2, 0.25) is 5.15 Å². The minimum absolute atomic E-state index is 0.437. The Hall–Kier alpha value is -3.75. The van der Waals surface area contributed by atoms with E-state index < -0.39 is 0 Å². The van der Waals surface area contributed by atoms with Crippen LogP contribution in [0.1, 0.15) is 0 Å². The lowest BCUT2D eigenvalue weighted by Gasteiger charge is -2.12. The first-order chi connectivity index (χ1) is 15.3. The monoisotopic (exact) mass is 416 g/mol. The highest BCUT2D eigenvalue weighted by molar-refractivity contribution is 6.30. The van der Waals surface area contributed by atoms with E-state index in [1.165, 1.54) is 32.3 Å². The lowest BCUT2D eigenvalue weighted by Crippen LogP contribution is -1.93. The summed E-state index contributed by atoms with van der Waals surface area (Å²) in [5, 5.41) is 7.91. The summed E-state index contributed by atoms with van der Waals surface area (Å²) in [6.45, 7) is 0. The lowest BCUT2D eigenvalue weighted by molar-refractivity contribution is 1.18. The molecule has 0 aliphatic rings. The molecule has 0 atom stereocenters. The molecular formula is C28H17ClN2. The van der Waals surface area contributed by atoms with Crippen molar-refractivity contribution in [1.29, 1.82) is 0 Å². The number of hydrogen-bond donors (Lipinski definition) is 0. The number of nitrogens with zero attached hydrogens (tertiary/aromatic N) is 2. The first-order valence-electron chi connectivity index (χ1n) is 10.2. The van der Waals surface area contributed by atoms with Gasteiger partial charge in [0, 0.05) is 17.2 Å². The van der Waals surface area contributed by atoms with Crippen LogP contribution in [0.5, 0.6) is 0 Å². The van der Waals surface area contributed by atoms with E-state index in [1.807, 2.05) is 36.4 Å². The fraction of sp³-hybridized carbons (Fsp3) is 0. The molecule has 1 aromatic heterocycles. The van der Waals surface area contributed by atoms with Crippen molar-refractivity contribution >= 4 is 43.9 Å². The Morgan fingerprint density at radius 2 is 1.00 bits per heavy atom. The second-order valence-electron chi connectivity index (χ2n) is 7.62. The van der Waals surface area contributed by atoms with Crippen molar-refractivity contribution in [3.05, 3.63) is 108 Å². The number of aromatic nitrogens is 2. The molecule has 6 rings (SSSR count). The molecule has 0 saturated heterocycles. The molecule has 0 fully saturated rings. The van der Waals surface area contributed by atoms with Crippen LogP contribution in [0.25, 0.3) is 55.0 Å². The van der Waals surface area contributed by atoms with Gasteiger partial charge in [-0.25, -0.2) is 9.97 Å². The third-order valence-corrected chi connectivity index (χ3v) is 5.96. The summed E-state index contributed by atoms with van der Waals surface area (Å²) in [5.74, 6) is 0.631. The van der Waals surface area contributed by atoms with Gasteiger partial charge in [-0.3, -0.25) is 0 Å². The average Bonchev–Trinajstić information content (AvgIpc) is 2.84. The summed E-state index contributed by atoms with van der Waals surface area (Å²) in [7, 11) is 0. The van der Waals surface area contributed by atoms with Crippen LogP contribution < -0.4 is 0 Å². The van der Waals surface area contributed by atoms with Crippen molar-refractivity contribution in [3.63, 3.8) is 0 Å². The van der Waals surface area contributed by atoms with Crippen molar-refractivity contribution in [2.45, 2.75) is 0 Å². The smallest absolute Gasteiger partial charge is 0.161 e. The summed E-state index contributed by atoms with van der Waals surface area (Å²) >= 11 is 6.39. The fourth-order valence-corrected chi connectivity index (χ4v) is 4.53. The van der Waals surface area contributed by atoms with Gasteiger partial charge in [0.25, 0.3) is 0 Å². The predicted octanol–water partition coefficient (Wildman–Crippen LogP) is 7.92. The molecule has 0 aliphatic heterocycles. The van der Waals surface area contributed by atoms with Crippen molar-refractivity contribution in [2.24, 2.45) is 0 Å². The summed E-state index contributed by atoms with van der Waals surface area (Å²) in [5.41, 5.74) is 2.79. The van der Waals surface area contributed by atoms with Gasteiger partial charge in [0.2, 0.25) is 0 Å². The van der Waals surface area contributed by atoms with Gasteiger partial charge in [-0.05, 0) is 38.4 Å². The highest BCUT2D eigenvalue weighted by atomic mass is 35.5. The van der Waals surface area contributed by atoms with Gasteiger partial charge < -0.3 is 0 Å². The molecule has 1 heterocycles. The van der Waals surface area contributed by atoms with Crippen LogP contribution in [0.3, 0.4) is 0 Å². The molecule has 2 nitrogen and oxygen atoms in total. The molecule has 146 valence electrons. The van der Waals surface area contributed by atoms with E-state index in [0.717, 1.165) is 16.8 Å². The molecular weight excluding hydrogens is 400 g/mol. The van der Waals surface area contributed by atoms with Gasteiger partial charge >= 0.3 is 0 Å². The Morgan fingerprint density at radius 3 is 1.65 bits per heavy atom. The Bertz CT molecular complexity index is 1550. The first-order valence-corrected chi connectivity index (χ1v) is 10.6. The number of halogens is 1. The van der Waals surface area contributed by atoms with E-state index in [9.17, 15) is 0 Å². The summed E-state index contributed by atoms with van der Waals surface area (Å²) in [6.07, 6.45) is 0. The van der Waals surface area contributed by atoms with Crippen LogP contribution in [0.15, 0.2) is 103 Å². The van der Waals surface area contributed by atoms with E-state index >= 15 is 0 Å². The third kappa shape index (κ3) is 3.04. The Kier molecular flexibility index (Phi) is 4.19. The quantitative estimate of drug-likeness (QED) is 0.211. The summed E-state index contributed by atoms with van der Waals surface area (Å²) in [6, 6.07) is 35.5. The fourth-order valence-electron chi connectivity index (χ4n) is 4.35. The highest BCUT2D eigenvalue weighted by Gasteiger charge is 2.12. The molecule has 0 spiro atoms. The largest absolute Gasteiger partial charge is 0.228 e. The molecule has 0 amide bonds. The zero-order chi connectivity index (χ0) is 20.8. The van der Waals surface area contributed by atoms with Gasteiger partial charge in [0.05, 0.1) is 5.69 Å². The SMILES string of the molecule is Clc1cc(-c2ccc3c4ccccc4c4ccccc4c3c2)nc(-c2ccccc2)n1. The van der Waals surface area contributed by atoms with Gasteiger partial charge in [0.15, 0.2) is 5.82 Å². The van der Waals surface area contributed by atoms with Crippen molar-refractivity contribution in [1.82, 2.24) is 9.97 Å². The van der Waals surface area contributed by atoms with Gasteiger partial charge in [-0.1, -0.05) is 103 Å². The number of benzene rings is 5. The standard InChI is InChI=1S/C28H17ClN2/c29-27-17-26(30-28(31-27)18-8-2-1-3-9-18)19-14-15-24-22-12-5-4-10-20(22)21-11-6-7-13-23(21)25(24)16-19/h1-17H. The van der Waals surface area contributed by atoms with Crippen molar-refractivity contribution in [2.75, 3.05) is 0 Å². The minimum Gasteiger partial charge on any atom is -0.228 e. The molecule has 0 radical (unpaired) electrons. The van der Waals surface area contributed by atoms with E-state index in [-0.39, 0.29) is 0 Å². The normalized spacial score (nSPS) is 11.4. The number of fused-ring (bicyclic) bond motifs is 6. The lowest BCUT2D eigenvalue weighted by atomic mass is 9.93. The third-order valence-electron chi connectivity index (χ3n) is 5.77. The topological polar surface area (TPSA) is 25.8 Å². The summed E-state index contributed by atoms with van der Waals surface area (Å²) < 4.78 is 0. The minimum atomic E-state index is 0.437. The highest BCUT2D eigenvalue weighted by Crippen LogP contribution is 2.37. The van der Waals surface area contributed by atoms with Crippen LogP contribution in [0.4, 0.5) is 0 Å². The molecule has 31 heavy (non-hydrogen) atoms. The maximum absolute atomic E-state index is 6.39. The van der Waals surface area contributed by atoms with Crippen molar-refractivity contribution < 1.29 is 0 Å². The van der Waals surface area contributed by atoms with Crippen LogP contribution in [0, 0.1) is 0 Å². The Labute approximate surface area is 184 Å². The predicted molar refractivity (Wildman–Crippen MR) is 130 cm³/mol. The average molecular weight is 417 g/mol. The molecule has 0 N–H and O–H groups in total. The molecule has 0 saturated carbocycles. The van der Waals surface area contributed by atoms with Gasteiger partial charge in [-0.15, -0.1) is 0 Å². The number of rotatable bonds is 2. The Morgan fingerprint density at radius 1 is 0.452 bits per heavy atom. The summed E-state index contributed by atoms with van der Waals surface area (Å²) in [4.78, 5) is 9.26. The molecule has 5 aromatic carbocycles. The first kappa shape index (κ1) is 18.1. The molecule has 0 bridgehead atoms. The molecule has 0 unspecified atom stereocenters. The van der Waals surface area contributed by atoms with E-state index in [0.29, 0.717) is 11.0 Å². The number of hydrogen-bond acceptors (Lipinski definition) is 2. The maximum Gasteiger partial charge on any atom is 0.161 e. The van der Waals surface area contributed by atoms with E-state index in [2.05, 4.69) is 71.7 Å². The zero-order valence-electron chi connectivity index (χ0n) is 16.6. The van der Waals surface area contributed by atoms with Crippen LogP contribution in [-0.4, -0.2) is 9.97 Å². The second kappa shape index (κ2) is 7.19.